The number of carbonyl (C=O) groups is 1. The molecular weight excluding hydrogens is 306 g/mol. The van der Waals surface area contributed by atoms with Gasteiger partial charge in [0.15, 0.2) is 11.5 Å². The smallest absolute Gasteiger partial charge is 0.337 e. The van der Waals surface area contributed by atoms with E-state index in [1.807, 2.05) is 48.3 Å². The molecule has 3 aliphatic rings. The molecule has 5 rings (SSSR count). The summed E-state index contributed by atoms with van der Waals surface area (Å²) in [7, 11) is 1.95. The van der Waals surface area contributed by atoms with E-state index in [0.29, 0.717) is 17.9 Å². The molecule has 2 aromatic rings. The Labute approximate surface area is 139 Å². The second kappa shape index (κ2) is 4.77. The highest BCUT2D eigenvalue weighted by molar-refractivity contribution is 5.97. The zero-order valence-electron chi connectivity index (χ0n) is 13.0. The van der Waals surface area contributed by atoms with Crippen molar-refractivity contribution in [2.75, 3.05) is 25.3 Å². The summed E-state index contributed by atoms with van der Waals surface area (Å²) in [5, 5.41) is 0. The van der Waals surface area contributed by atoms with Gasteiger partial charge in [-0.25, -0.2) is 4.79 Å². The molecule has 0 aliphatic carbocycles. The maximum Gasteiger partial charge on any atom is 0.337 e. The molecule has 1 unspecified atom stereocenters. The van der Waals surface area contributed by atoms with Gasteiger partial charge in [0.25, 0.3) is 0 Å². The number of benzene rings is 2. The number of likely N-dealkylation sites (N-methyl/N-ethyl adjacent to an activating group) is 1. The van der Waals surface area contributed by atoms with Crippen LogP contribution in [0.4, 0.5) is 5.69 Å². The first kappa shape index (κ1) is 13.5. The van der Waals surface area contributed by atoms with Crippen LogP contribution in [0.5, 0.6) is 11.5 Å². The summed E-state index contributed by atoms with van der Waals surface area (Å²) in [5.74, 6) is 0.998. The molecule has 2 aromatic carbocycles. The number of cyclic esters (lactones) is 1. The fourth-order valence-electron chi connectivity index (χ4n) is 3.67. The van der Waals surface area contributed by atoms with E-state index < -0.39 is 0 Å². The number of ether oxygens (including phenoxy) is 3. The minimum absolute atomic E-state index is 0.187. The summed E-state index contributed by atoms with van der Waals surface area (Å²) < 4.78 is 16.4. The van der Waals surface area contributed by atoms with E-state index in [1.54, 1.807) is 0 Å². The zero-order chi connectivity index (χ0) is 16.3. The molecule has 0 N–H and O–H groups in total. The van der Waals surface area contributed by atoms with E-state index in [9.17, 15) is 4.79 Å². The van der Waals surface area contributed by atoms with Crippen molar-refractivity contribution < 1.29 is 19.0 Å². The summed E-state index contributed by atoms with van der Waals surface area (Å²) >= 11 is 0. The second-order valence-corrected chi connectivity index (χ2v) is 6.03. The largest absolute Gasteiger partial charge is 0.456 e. The van der Waals surface area contributed by atoms with Gasteiger partial charge >= 0.3 is 5.97 Å². The maximum atomic E-state index is 12.4. The molecule has 1 radical (unpaired) electrons. The number of nitrogens with zero attached hydrogens (tertiary/aromatic N) is 1. The average molecular weight is 320 g/mol. The van der Waals surface area contributed by atoms with Gasteiger partial charge in [-0.15, -0.1) is 0 Å². The van der Waals surface area contributed by atoms with Crippen molar-refractivity contribution in [3.8, 4) is 11.5 Å². The van der Waals surface area contributed by atoms with Crippen LogP contribution in [-0.2, 0) is 9.53 Å². The van der Waals surface area contributed by atoms with Crippen LogP contribution < -0.4 is 14.4 Å². The van der Waals surface area contributed by atoms with E-state index >= 15 is 0 Å². The van der Waals surface area contributed by atoms with Crippen molar-refractivity contribution in [1.82, 2.24) is 0 Å². The van der Waals surface area contributed by atoms with Gasteiger partial charge in [-0.05, 0) is 23.3 Å². The summed E-state index contributed by atoms with van der Waals surface area (Å²) in [6.45, 7) is 0.520. The highest BCUT2D eigenvalue weighted by Gasteiger charge is 2.41. The van der Waals surface area contributed by atoms with Crippen LogP contribution in [-0.4, -0.2) is 26.4 Å². The van der Waals surface area contributed by atoms with Crippen LogP contribution in [0.15, 0.2) is 47.7 Å². The number of hydrogen-bond donors (Lipinski definition) is 0. The second-order valence-electron chi connectivity index (χ2n) is 6.03. The van der Waals surface area contributed by atoms with Gasteiger partial charge in [0.2, 0.25) is 6.79 Å². The van der Waals surface area contributed by atoms with Gasteiger partial charge in [0.05, 0.1) is 11.3 Å². The number of hydrogen-bond acceptors (Lipinski definition) is 5. The highest BCUT2D eigenvalue weighted by Crippen LogP contribution is 2.50. The van der Waals surface area contributed by atoms with Crippen molar-refractivity contribution in [3.05, 3.63) is 64.9 Å². The summed E-state index contributed by atoms with van der Waals surface area (Å²) in [5.41, 5.74) is 4.63. The predicted octanol–water partition coefficient (Wildman–Crippen LogP) is 2.61. The first-order valence-electron chi connectivity index (χ1n) is 7.77. The molecule has 3 aliphatic heterocycles. The van der Waals surface area contributed by atoms with Crippen molar-refractivity contribution in [3.63, 3.8) is 0 Å². The summed E-state index contributed by atoms with van der Waals surface area (Å²) in [4.78, 5) is 14.4. The van der Waals surface area contributed by atoms with Gasteiger partial charge in [-0.3, -0.25) is 0 Å². The fourth-order valence-corrected chi connectivity index (χ4v) is 3.67. The molecule has 5 nitrogen and oxygen atoms in total. The third-order valence-corrected chi connectivity index (χ3v) is 4.82. The van der Waals surface area contributed by atoms with E-state index in [4.69, 9.17) is 14.2 Å². The molecule has 0 saturated carbocycles. The lowest BCUT2D eigenvalue weighted by Crippen LogP contribution is -2.27. The number of rotatable bonds is 1. The monoisotopic (exact) mass is 320 g/mol. The molecule has 0 aromatic heterocycles. The molecule has 24 heavy (non-hydrogen) atoms. The predicted molar refractivity (Wildman–Crippen MR) is 86.1 cm³/mol. The topological polar surface area (TPSA) is 48.0 Å². The van der Waals surface area contributed by atoms with Crippen LogP contribution >= 0.6 is 0 Å². The molecular formula is C19H14NO4. The Bertz CT molecular complexity index is 888. The van der Waals surface area contributed by atoms with Crippen LogP contribution in [0.3, 0.4) is 0 Å². The normalized spacial score (nSPS) is 20.8. The maximum absolute atomic E-state index is 12.4. The van der Waals surface area contributed by atoms with Gasteiger partial charge in [-0.2, -0.15) is 0 Å². The van der Waals surface area contributed by atoms with Gasteiger partial charge < -0.3 is 19.1 Å². The van der Waals surface area contributed by atoms with Crippen LogP contribution in [0, 0.1) is 6.07 Å². The number of anilines is 1. The lowest BCUT2D eigenvalue weighted by molar-refractivity contribution is -0.136. The summed E-state index contributed by atoms with van der Waals surface area (Å²) in [6, 6.07) is 14.8. The standard InChI is InChI=1S/C19H14NO4/c1-20-13-8-16-15(23-10-24-16)7-12(13)17(11-5-3-2-4-6-11)18-14(20)9-22-19(18)21/h2-3,5-8,17H,9-10H2,1H3. The van der Waals surface area contributed by atoms with Crippen LogP contribution in [0.25, 0.3) is 0 Å². The van der Waals surface area contributed by atoms with Crippen molar-refractivity contribution in [1.29, 1.82) is 0 Å². The number of fused-ring (bicyclic) bond motifs is 2. The van der Waals surface area contributed by atoms with E-state index in [0.717, 1.165) is 28.3 Å². The Morgan fingerprint density at radius 3 is 2.83 bits per heavy atom. The lowest BCUT2D eigenvalue weighted by Gasteiger charge is -2.33. The lowest BCUT2D eigenvalue weighted by atomic mass is 9.80. The molecule has 5 heteroatoms. The Kier molecular flexibility index (Phi) is 2.68. The van der Waals surface area contributed by atoms with E-state index in [-0.39, 0.29) is 18.7 Å². The third kappa shape index (κ3) is 1.72. The van der Waals surface area contributed by atoms with Crippen LogP contribution in [0.2, 0.25) is 0 Å². The first-order chi connectivity index (χ1) is 11.7. The average Bonchev–Trinajstić information content (AvgIpc) is 3.22. The minimum atomic E-state index is -0.256. The third-order valence-electron chi connectivity index (χ3n) is 4.82. The Morgan fingerprint density at radius 1 is 1.21 bits per heavy atom. The fraction of sp³-hybridized carbons (Fsp3) is 0.211. The van der Waals surface area contributed by atoms with E-state index in [1.165, 1.54) is 0 Å². The van der Waals surface area contributed by atoms with Gasteiger partial charge in [0, 0.05) is 24.7 Å². The SMILES string of the molecule is CN1C2=C(C(=O)OC2)C(c2c[c]ccc2)c2cc3c(cc21)OCO3. The number of esters is 1. The molecule has 0 bridgehead atoms. The number of carbonyl (C=O) groups excluding carboxylic acids is 1. The quantitative estimate of drug-likeness (QED) is 0.756. The molecule has 0 saturated heterocycles. The minimum Gasteiger partial charge on any atom is -0.456 e. The molecule has 0 fully saturated rings. The van der Waals surface area contributed by atoms with Crippen LogP contribution in [0.1, 0.15) is 17.0 Å². The van der Waals surface area contributed by atoms with Crippen molar-refractivity contribution in [2.45, 2.75) is 5.92 Å². The molecule has 1 atom stereocenters. The first-order valence-corrected chi connectivity index (χ1v) is 7.77. The Morgan fingerprint density at radius 2 is 2.04 bits per heavy atom. The zero-order valence-corrected chi connectivity index (χ0v) is 13.0. The molecule has 119 valence electrons. The Balaban J connectivity index is 1.78. The van der Waals surface area contributed by atoms with Gasteiger partial charge in [0.1, 0.15) is 6.61 Å². The highest BCUT2D eigenvalue weighted by atomic mass is 16.7. The van der Waals surface area contributed by atoms with E-state index in [2.05, 4.69) is 6.07 Å². The van der Waals surface area contributed by atoms with Gasteiger partial charge in [-0.1, -0.05) is 24.3 Å². The molecule has 0 spiro atoms. The molecule has 0 amide bonds. The van der Waals surface area contributed by atoms with Crippen molar-refractivity contribution in [2.24, 2.45) is 0 Å². The molecule has 3 heterocycles. The Hall–Kier alpha value is -2.95. The van der Waals surface area contributed by atoms with Crippen molar-refractivity contribution >= 4 is 11.7 Å². The summed E-state index contributed by atoms with van der Waals surface area (Å²) in [6.07, 6.45) is 0.